The number of para-hydroxylation sites is 1. The normalized spacial score (nSPS) is 23.3. The average molecular weight is 493 g/mol. The van der Waals surface area contributed by atoms with Gasteiger partial charge in [-0.05, 0) is 35.1 Å². The Labute approximate surface area is 217 Å². The number of aromatic nitrogens is 4. The van der Waals surface area contributed by atoms with E-state index in [1.807, 2.05) is 42.8 Å². The SMILES string of the molecule is CC(C)(C)C1(c2cccc(C3(C(C)(C)C)C=C(c4ccncn4)C=N3)c2O)C=C(c2ccncn2)C=N1. The number of benzene rings is 1. The quantitative estimate of drug-likeness (QED) is 0.497. The fourth-order valence-corrected chi connectivity index (χ4v) is 5.23. The molecule has 0 saturated heterocycles. The number of nitrogens with zero attached hydrogens (tertiary/aromatic N) is 6. The van der Waals surface area contributed by atoms with Gasteiger partial charge < -0.3 is 5.11 Å². The molecule has 0 saturated carbocycles. The molecule has 2 aliphatic heterocycles. The largest absolute Gasteiger partial charge is 0.507 e. The van der Waals surface area contributed by atoms with E-state index in [-0.39, 0.29) is 16.6 Å². The number of phenolic OH excluding ortho intramolecular Hbond substituents is 1. The van der Waals surface area contributed by atoms with Crippen LogP contribution >= 0.6 is 0 Å². The summed E-state index contributed by atoms with van der Waals surface area (Å²) in [5, 5.41) is 12.0. The van der Waals surface area contributed by atoms with E-state index in [0.29, 0.717) is 0 Å². The van der Waals surface area contributed by atoms with Crippen molar-refractivity contribution >= 4 is 23.6 Å². The number of phenols is 1. The second kappa shape index (κ2) is 8.54. The lowest BCUT2D eigenvalue weighted by Crippen LogP contribution is -2.38. The van der Waals surface area contributed by atoms with Crippen LogP contribution < -0.4 is 0 Å². The predicted molar refractivity (Wildman–Crippen MR) is 147 cm³/mol. The van der Waals surface area contributed by atoms with E-state index in [2.05, 4.69) is 73.6 Å². The van der Waals surface area contributed by atoms with Gasteiger partial charge in [-0.25, -0.2) is 19.9 Å². The van der Waals surface area contributed by atoms with Gasteiger partial charge in [0.2, 0.25) is 0 Å². The molecule has 2 atom stereocenters. The van der Waals surface area contributed by atoms with Crippen LogP contribution in [0.4, 0.5) is 0 Å². The van der Waals surface area contributed by atoms with Gasteiger partial charge >= 0.3 is 0 Å². The highest BCUT2D eigenvalue weighted by Gasteiger charge is 2.50. The molecule has 2 unspecified atom stereocenters. The zero-order valence-electron chi connectivity index (χ0n) is 22.1. The molecule has 7 nitrogen and oxygen atoms in total. The Bertz CT molecular complexity index is 1340. The third kappa shape index (κ3) is 3.89. The Balaban J connectivity index is 1.70. The summed E-state index contributed by atoms with van der Waals surface area (Å²) in [5.41, 5.74) is 2.58. The van der Waals surface area contributed by atoms with E-state index in [1.165, 1.54) is 12.7 Å². The van der Waals surface area contributed by atoms with Crippen molar-refractivity contribution < 1.29 is 5.11 Å². The number of hydrogen-bond acceptors (Lipinski definition) is 7. The molecule has 0 radical (unpaired) electrons. The van der Waals surface area contributed by atoms with E-state index in [0.717, 1.165) is 33.7 Å². The van der Waals surface area contributed by atoms with Gasteiger partial charge in [0.1, 0.15) is 29.5 Å². The molecule has 1 N–H and O–H groups in total. The molecular weight excluding hydrogens is 460 g/mol. The zero-order chi connectivity index (χ0) is 26.5. The monoisotopic (exact) mass is 492 g/mol. The van der Waals surface area contributed by atoms with Gasteiger partial charge in [-0.1, -0.05) is 59.7 Å². The highest BCUT2D eigenvalue weighted by atomic mass is 16.3. The maximum Gasteiger partial charge on any atom is 0.127 e. The van der Waals surface area contributed by atoms with Crippen LogP contribution in [-0.2, 0) is 11.1 Å². The van der Waals surface area contributed by atoms with Crippen molar-refractivity contribution in [1.82, 2.24) is 19.9 Å². The van der Waals surface area contributed by atoms with Crippen molar-refractivity contribution in [2.24, 2.45) is 20.8 Å². The van der Waals surface area contributed by atoms with Crippen LogP contribution in [0.2, 0.25) is 0 Å². The van der Waals surface area contributed by atoms with Gasteiger partial charge in [0.25, 0.3) is 0 Å². The molecule has 37 heavy (non-hydrogen) atoms. The highest BCUT2D eigenvalue weighted by Crippen LogP contribution is 2.56. The van der Waals surface area contributed by atoms with Crippen molar-refractivity contribution in [1.29, 1.82) is 0 Å². The molecule has 0 aliphatic carbocycles. The topological polar surface area (TPSA) is 96.5 Å². The summed E-state index contributed by atoms with van der Waals surface area (Å²) in [6, 6.07) is 9.65. The van der Waals surface area contributed by atoms with Crippen molar-refractivity contribution in [2.45, 2.75) is 52.6 Å². The number of aliphatic imine (C=N–C) groups is 2. The van der Waals surface area contributed by atoms with Gasteiger partial charge in [0.15, 0.2) is 0 Å². The van der Waals surface area contributed by atoms with Crippen LogP contribution in [0.25, 0.3) is 11.1 Å². The minimum atomic E-state index is -0.798. The number of rotatable bonds is 4. The zero-order valence-corrected chi connectivity index (χ0v) is 22.1. The third-order valence-corrected chi connectivity index (χ3v) is 7.44. The van der Waals surface area contributed by atoms with Gasteiger partial charge in [-0.15, -0.1) is 0 Å². The molecule has 2 aliphatic rings. The van der Waals surface area contributed by atoms with Crippen LogP contribution in [0.1, 0.15) is 64.1 Å². The summed E-state index contributed by atoms with van der Waals surface area (Å²) < 4.78 is 0. The van der Waals surface area contributed by atoms with E-state index in [4.69, 9.17) is 9.98 Å². The van der Waals surface area contributed by atoms with Crippen LogP contribution in [0, 0.1) is 10.8 Å². The standard InChI is InChI=1S/C30H32N6O/c1-27(2,3)29(14-20(16-35-29)24-10-12-31-18-33-24)22-8-7-9-23(26(22)37)30(28(4,5)6)15-21(17-36-30)25-11-13-32-19-34-25/h7-19,37H,1-6H3. The molecule has 188 valence electrons. The number of hydrogen-bond donors (Lipinski definition) is 1. The van der Waals surface area contributed by atoms with Crippen LogP contribution in [0.3, 0.4) is 0 Å². The molecule has 4 heterocycles. The molecule has 5 rings (SSSR count). The van der Waals surface area contributed by atoms with Crippen molar-refractivity contribution in [3.8, 4) is 5.75 Å². The molecule has 7 heteroatoms. The first-order valence-corrected chi connectivity index (χ1v) is 12.4. The first-order valence-electron chi connectivity index (χ1n) is 12.4. The first kappa shape index (κ1) is 24.7. The van der Waals surface area contributed by atoms with Crippen LogP contribution in [0.5, 0.6) is 5.75 Å². The van der Waals surface area contributed by atoms with E-state index >= 15 is 0 Å². The van der Waals surface area contributed by atoms with Crippen molar-refractivity contribution in [3.05, 3.63) is 90.0 Å². The summed E-state index contributed by atoms with van der Waals surface area (Å²) in [4.78, 5) is 27.0. The summed E-state index contributed by atoms with van der Waals surface area (Å²) in [5.74, 6) is 0.196. The number of aromatic hydroxyl groups is 1. The maximum atomic E-state index is 12.0. The van der Waals surface area contributed by atoms with E-state index in [9.17, 15) is 5.11 Å². The summed E-state index contributed by atoms with van der Waals surface area (Å²) in [6.45, 7) is 12.8. The Morgan fingerprint density at radius 3 is 1.43 bits per heavy atom. The molecular formula is C30H32N6O. The summed E-state index contributed by atoms with van der Waals surface area (Å²) in [6.07, 6.45) is 14.4. The molecule has 3 aromatic rings. The molecule has 0 spiro atoms. The average Bonchev–Trinajstić information content (AvgIpc) is 3.52. The minimum absolute atomic E-state index is 0.196. The Morgan fingerprint density at radius 2 is 1.08 bits per heavy atom. The minimum Gasteiger partial charge on any atom is -0.507 e. The molecule has 0 fully saturated rings. The smallest absolute Gasteiger partial charge is 0.127 e. The molecule has 0 bridgehead atoms. The fraction of sp³-hybridized carbons (Fsp3) is 0.333. The van der Waals surface area contributed by atoms with Gasteiger partial charge in [-0.2, -0.15) is 0 Å². The van der Waals surface area contributed by atoms with Gasteiger partial charge in [0, 0.05) is 47.1 Å². The lowest BCUT2D eigenvalue weighted by molar-refractivity contribution is 0.231. The molecule has 0 amide bonds. The second-order valence-electron chi connectivity index (χ2n) is 11.6. The lowest BCUT2D eigenvalue weighted by Gasteiger charge is -2.42. The van der Waals surface area contributed by atoms with Crippen LogP contribution in [0.15, 0.2) is 77.5 Å². The molecule has 2 aromatic heterocycles. The van der Waals surface area contributed by atoms with Gasteiger partial charge in [0.05, 0.1) is 11.4 Å². The Hall–Kier alpha value is -4.00. The van der Waals surface area contributed by atoms with Crippen molar-refractivity contribution in [2.75, 3.05) is 0 Å². The highest BCUT2D eigenvalue weighted by molar-refractivity contribution is 6.12. The third-order valence-electron chi connectivity index (χ3n) is 7.44. The summed E-state index contributed by atoms with van der Waals surface area (Å²) >= 11 is 0. The maximum absolute atomic E-state index is 12.0. The second-order valence-corrected chi connectivity index (χ2v) is 11.6. The fourth-order valence-electron chi connectivity index (χ4n) is 5.23. The van der Waals surface area contributed by atoms with Crippen molar-refractivity contribution in [3.63, 3.8) is 0 Å². The van der Waals surface area contributed by atoms with Crippen LogP contribution in [-0.4, -0.2) is 37.5 Å². The first-order chi connectivity index (χ1) is 17.5. The summed E-state index contributed by atoms with van der Waals surface area (Å²) in [7, 11) is 0. The Kier molecular flexibility index (Phi) is 5.70. The van der Waals surface area contributed by atoms with E-state index in [1.54, 1.807) is 12.4 Å². The lowest BCUT2D eigenvalue weighted by atomic mass is 9.66. The predicted octanol–water partition coefficient (Wildman–Crippen LogP) is 5.79. The molecule has 1 aromatic carbocycles. The van der Waals surface area contributed by atoms with Gasteiger partial charge in [-0.3, -0.25) is 9.98 Å². The Morgan fingerprint density at radius 1 is 0.649 bits per heavy atom. The van der Waals surface area contributed by atoms with E-state index < -0.39 is 11.1 Å². The number of allylic oxidation sites excluding steroid dienone is 2.